The molecule has 1 aromatic rings. The molecule has 1 aliphatic carbocycles. The highest BCUT2D eigenvalue weighted by Crippen LogP contribution is 2.26. The van der Waals surface area contributed by atoms with Crippen LogP contribution >= 0.6 is 0 Å². The van der Waals surface area contributed by atoms with Crippen LogP contribution in [-0.2, 0) is 4.79 Å². The molecule has 0 bridgehead atoms. The molecule has 0 atom stereocenters. The van der Waals surface area contributed by atoms with Crippen LogP contribution in [0.3, 0.4) is 0 Å². The van der Waals surface area contributed by atoms with E-state index in [0.29, 0.717) is 32.0 Å². The van der Waals surface area contributed by atoms with Gasteiger partial charge < -0.3 is 14.7 Å². The fourth-order valence-corrected chi connectivity index (χ4v) is 2.87. The van der Waals surface area contributed by atoms with Crippen molar-refractivity contribution in [3.8, 4) is 0 Å². The molecule has 0 spiro atoms. The molecule has 1 aliphatic rings. The van der Waals surface area contributed by atoms with E-state index in [1.165, 1.54) is 38.3 Å². The first-order chi connectivity index (χ1) is 10.3. The quantitative estimate of drug-likeness (QED) is 0.586. The second-order valence-electron chi connectivity index (χ2n) is 5.53. The summed E-state index contributed by atoms with van der Waals surface area (Å²) >= 11 is 0. The minimum Gasteiger partial charge on any atom is -0.357 e. The smallest absolute Gasteiger partial charge is 0.292 e. The maximum absolute atomic E-state index is 12.3. The molecule has 2 rings (SSSR count). The number of hydrogen-bond donors (Lipinski definition) is 1. The van der Waals surface area contributed by atoms with Crippen molar-refractivity contribution in [1.82, 2.24) is 15.4 Å². The zero-order valence-electron chi connectivity index (χ0n) is 12.3. The summed E-state index contributed by atoms with van der Waals surface area (Å²) in [5, 5.41) is 6.17. The molecular weight excluding hydrogens is 270 g/mol. The molecule has 1 heterocycles. The van der Waals surface area contributed by atoms with Gasteiger partial charge in [-0.3, -0.25) is 9.59 Å². The predicted octanol–water partition coefficient (Wildman–Crippen LogP) is 1.83. The van der Waals surface area contributed by atoms with E-state index in [1.807, 2.05) is 0 Å². The highest BCUT2D eigenvalue weighted by molar-refractivity contribution is 5.91. The van der Waals surface area contributed by atoms with Crippen LogP contribution in [-0.4, -0.2) is 42.0 Å². The number of carbonyl (C=O) groups excluding carboxylic acids is 2. The van der Waals surface area contributed by atoms with Crippen LogP contribution in [0, 0.1) is 5.92 Å². The van der Waals surface area contributed by atoms with Gasteiger partial charge in [0.25, 0.3) is 5.91 Å². The zero-order chi connectivity index (χ0) is 14.9. The monoisotopic (exact) mass is 293 g/mol. The van der Waals surface area contributed by atoms with Gasteiger partial charge in [0.1, 0.15) is 0 Å². The Labute approximate surface area is 124 Å². The van der Waals surface area contributed by atoms with Gasteiger partial charge in [-0.15, -0.1) is 0 Å². The van der Waals surface area contributed by atoms with Crippen LogP contribution in [0.15, 0.2) is 16.8 Å². The summed E-state index contributed by atoms with van der Waals surface area (Å²) in [4.78, 5) is 24.4. The standard InChI is InChI=1S/C15H23N3O3/c19-12-16-9-11-18(15(20)14-6-8-17-21-14)10-7-13-4-2-1-3-5-13/h6,8,12-13H,1-5,7,9-11H2,(H,16,19). The summed E-state index contributed by atoms with van der Waals surface area (Å²) in [6.45, 7) is 1.64. The fourth-order valence-electron chi connectivity index (χ4n) is 2.87. The topological polar surface area (TPSA) is 75.4 Å². The third-order valence-electron chi connectivity index (χ3n) is 4.08. The van der Waals surface area contributed by atoms with Crippen LogP contribution in [0.1, 0.15) is 49.1 Å². The lowest BCUT2D eigenvalue weighted by molar-refractivity contribution is -0.109. The second-order valence-corrected chi connectivity index (χ2v) is 5.53. The number of rotatable bonds is 8. The van der Waals surface area contributed by atoms with Crippen molar-refractivity contribution in [1.29, 1.82) is 0 Å². The van der Waals surface area contributed by atoms with Crippen molar-refractivity contribution in [3.63, 3.8) is 0 Å². The lowest BCUT2D eigenvalue weighted by atomic mass is 9.87. The van der Waals surface area contributed by atoms with Crippen LogP contribution < -0.4 is 5.32 Å². The first-order valence-corrected chi connectivity index (χ1v) is 7.68. The third-order valence-corrected chi connectivity index (χ3v) is 4.08. The molecule has 1 N–H and O–H groups in total. The van der Waals surface area contributed by atoms with Gasteiger partial charge in [0.15, 0.2) is 0 Å². The minimum atomic E-state index is -0.156. The lowest BCUT2D eigenvalue weighted by Gasteiger charge is -2.26. The van der Waals surface area contributed by atoms with Crippen LogP contribution in [0.2, 0.25) is 0 Å². The van der Waals surface area contributed by atoms with E-state index in [2.05, 4.69) is 10.5 Å². The summed E-state index contributed by atoms with van der Waals surface area (Å²) in [7, 11) is 0. The molecule has 116 valence electrons. The van der Waals surface area contributed by atoms with Crippen molar-refractivity contribution in [2.24, 2.45) is 5.92 Å². The van der Waals surface area contributed by atoms with Crippen LogP contribution in [0.4, 0.5) is 0 Å². The van der Waals surface area contributed by atoms with E-state index >= 15 is 0 Å². The van der Waals surface area contributed by atoms with Crippen molar-refractivity contribution >= 4 is 12.3 Å². The van der Waals surface area contributed by atoms with Gasteiger partial charge in [-0.25, -0.2) is 0 Å². The first kappa shape index (κ1) is 15.5. The molecule has 1 aromatic heterocycles. The summed E-state index contributed by atoms with van der Waals surface area (Å²) in [5.74, 6) is 0.809. The highest BCUT2D eigenvalue weighted by Gasteiger charge is 2.21. The van der Waals surface area contributed by atoms with Crippen LogP contribution in [0.25, 0.3) is 0 Å². The van der Waals surface area contributed by atoms with Crippen molar-refractivity contribution in [2.45, 2.75) is 38.5 Å². The molecule has 6 nitrogen and oxygen atoms in total. The Kier molecular flexibility index (Phi) is 6.24. The van der Waals surface area contributed by atoms with Gasteiger partial charge in [0.05, 0.1) is 6.20 Å². The number of nitrogens with zero attached hydrogens (tertiary/aromatic N) is 2. The molecule has 1 saturated carbocycles. The van der Waals surface area contributed by atoms with E-state index in [4.69, 9.17) is 4.52 Å². The summed E-state index contributed by atoms with van der Waals surface area (Å²) < 4.78 is 4.94. The fraction of sp³-hybridized carbons (Fsp3) is 0.667. The zero-order valence-corrected chi connectivity index (χ0v) is 12.3. The Morgan fingerprint density at radius 1 is 1.38 bits per heavy atom. The average molecular weight is 293 g/mol. The molecule has 0 aliphatic heterocycles. The molecule has 1 fully saturated rings. The number of aromatic nitrogens is 1. The highest BCUT2D eigenvalue weighted by atomic mass is 16.5. The number of nitrogens with one attached hydrogen (secondary N) is 1. The van der Waals surface area contributed by atoms with E-state index in [0.717, 1.165) is 6.42 Å². The summed E-state index contributed by atoms with van der Waals surface area (Å²) in [5.41, 5.74) is 0. The Hall–Kier alpha value is -1.85. The molecule has 2 amide bonds. The van der Waals surface area contributed by atoms with Gasteiger partial charge in [0.2, 0.25) is 12.2 Å². The molecule has 6 heteroatoms. The molecular formula is C15H23N3O3. The lowest BCUT2D eigenvalue weighted by Crippen LogP contribution is -2.38. The Morgan fingerprint density at radius 2 is 2.19 bits per heavy atom. The van der Waals surface area contributed by atoms with Gasteiger partial charge in [-0.05, 0) is 12.3 Å². The average Bonchev–Trinajstić information content (AvgIpc) is 3.05. The molecule has 0 saturated heterocycles. The maximum atomic E-state index is 12.3. The van der Waals surface area contributed by atoms with E-state index in [1.54, 1.807) is 11.0 Å². The summed E-state index contributed by atoms with van der Waals surface area (Å²) in [6.07, 6.45) is 9.59. The van der Waals surface area contributed by atoms with Gasteiger partial charge in [-0.2, -0.15) is 0 Å². The Bertz CT molecular complexity index is 427. The van der Waals surface area contributed by atoms with Gasteiger partial charge in [0, 0.05) is 25.7 Å². The number of amides is 2. The number of carbonyl (C=O) groups is 2. The maximum Gasteiger partial charge on any atom is 0.292 e. The van der Waals surface area contributed by atoms with Gasteiger partial charge in [-0.1, -0.05) is 37.3 Å². The third kappa shape index (κ3) is 4.88. The van der Waals surface area contributed by atoms with E-state index in [9.17, 15) is 9.59 Å². The van der Waals surface area contributed by atoms with E-state index in [-0.39, 0.29) is 11.7 Å². The predicted molar refractivity (Wildman–Crippen MR) is 77.7 cm³/mol. The Morgan fingerprint density at radius 3 is 2.86 bits per heavy atom. The molecule has 21 heavy (non-hydrogen) atoms. The molecule has 0 aromatic carbocycles. The second kappa shape index (κ2) is 8.44. The Balaban J connectivity index is 1.87. The van der Waals surface area contributed by atoms with Crippen molar-refractivity contribution in [3.05, 3.63) is 18.0 Å². The van der Waals surface area contributed by atoms with Crippen LogP contribution in [0.5, 0.6) is 0 Å². The van der Waals surface area contributed by atoms with Crippen molar-refractivity contribution in [2.75, 3.05) is 19.6 Å². The first-order valence-electron chi connectivity index (χ1n) is 7.68. The SMILES string of the molecule is O=CNCCN(CCC1CCCCC1)C(=O)c1ccno1. The minimum absolute atomic E-state index is 0.156. The molecule has 0 radical (unpaired) electrons. The molecule has 0 unspecified atom stereocenters. The number of hydrogen-bond acceptors (Lipinski definition) is 4. The van der Waals surface area contributed by atoms with Gasteiger partial charge >= 0.3 is 0 Å². The summed E-state index contributed by atoms with van der Waals surface area (Å²) in [6, 6.07) is 1.57. The van der Waals surface area contributed by atoms with E-state index < -0.39 is 0 Å². The normalized spacial score (nSPS) is 15.6. The largest absolute Gasteiger partial charge is 0.357 e. The van der Waals surface area contributed by atoms with Crippen molar-refractivity contribution < 1.29 is 14.1 Å².